The van der Waals surface area contributed by atoms with Gasteiger partial charge in [0.1, 0.15) is 0 Å². The van der Waals surface area contributed by atoms with Crippen molar-refractivity contribution in [3.63, 3.8) is 0 Å². The maximum atomic E-state index is 10.7. The van der Waals surface area contributed by atoms with Crippen molar-refractivity contribution >= 4 is 35.7 Å². The zero-order valence-corrected chi connectivity index (χ0v) is 6.31. The molecular weight excluding hydrogens is 185 g/mol. The van der Waals surface area contributed by atoms with Crippen LogP contribution in [0.3, 0.4) is 0 Å². The Balaban J connectivity index is 2.95. The van der Waals surface area contributed by atoms with Gasteiger partial charge in [-0.15, -0.1) is 0 Å². The second-order valence-electron chi connectivity index (χ2n) is 1.69. The van der Waals surface area contributed by atoms with E-state index in [2.05, 4.69) is 15.9 Å². The number of imide groups is 1. The van der Waals surface area contributed by atoms with Crippen LogP contribution in [0.4, 0.5) is 0 Å². The fourth-order valence-electron chi connectivity index (χ4n) is 0.527. The third kappa shape index (κ3) is 0.918. The molecule has 1 aliphatic heterocycles. The second kappa shape index (κ2) is 1.99. The van der Waals surface area contributed by atoms with Crippen LogP contribution in [0.15, 0.2) is 10.6 Å². The highest BCUT2D eigenvalue weighted by molar-refractivity contribution is 9.12. The van der Waals surface area contributed by atoms with E-state index in [4.69, 9.17) is 0 Å². The van der Waals surface area contributed by atoms with Crippen LogP contribution in [0.2, 0.25) is 0 Å². The Morgan fingerprint density at radius 2 is 2.11 bits per heavy atom. The standard InChI is InChI=1S/C4H3BBrNO2/c5-7-3(8)1-2(6)4(7)9/h1H,5H2. The first-order valence-electron chi connectivity index (χ1n) is 2.32. The van der Waals surface area contributed by atoms with E-state index in [0.717, 1.165) is 4.81 Å². The first-order valence-corrected chi connectivity index (χ1v) is 3.11. The van der Waals surface area contributed by atoms with Gasteiger partial charge < -0.3 is 4.81 Å². The quantitative estimate of drug-likeness (QED) is 0.367. The molecule has 0 aliphatic carbocycles. The minimum atomic E-state index is -0.278. The van der Waals surface area contributed by atoms with Crippen molar-refractivity contribution in [2.24, 2.45) is 0 Å². The van der Waals surface area contributed by atoms with Crippen LogP contribution in [0.5, 0.6) is 0 Å². The number of nitrogens with zero attached hydrogens (tertiary/aromatic N) is 1. The Labute approximate surface area is 61.3 Å². The number of amides is 2. The minimum Gasteiger partial charge on any atom is -0.328 e. The van der Waals surface area contributed by atoms with Gasteiger partial charge in [-0.05, 0) is 15.9 Å². The van der Waals surface area contributed by atoms with Gasteiger partial charge in [-0.2, -0.15) is 0 Å². The van der Waals surface area contributed by atoms with Crippen LogP contribution in [0.25, 0.3) is 0 Å². The minimum absolute atomic E-state index is 0.271. The predicted molar refractivity (Wildman–Crippen MR) is 37.4 cm³/mol. The number of carbonyl (C=O) groups is 2. The molecule has 0 aromatic heterocycles. The molecule has 0 fully saturated rings. The van der Waals surface area contributed by atoms with Gasteiger partial charge in [-0.25, -0.2) is 0 Å². The highest BCUT2D eigenvalue weighted by Crippen LogP contribution is 2.14. The van der Waals surface area contributed by atoms with Gasteiger partial charge >= 0.3 is 0 Å². The Morgan fingerprint density at radius 3 is 2.22 bits per heavy atom. The van der Waals surface area contributed by atoms with Crippen LogP contribution >= 0.6 is 15.9 Å². The lowest BCUT2D eigenvalue weighted by molar-refractivity contribution is -0.131. The summed E-state index contributed by atoms with van der Waals surface area (Å²) in [4.78, 5) is 22.3. The normalized spacial score (nSPS) is 18.8. The Kier molecular flexibility index (Phi) is 1.44. The molecule has 0 radical (unpaired) electrons. The van der Waals surface area contributed by atoms with Gasteiger partial charge in [0, 0.05) is 6.08 Å². The molecular formula is C4H3BBrNO2. The van der Waals surface area contributed by atoms with E-state index in [-0.39, 0.29) is 11.8 Å². The fraction of sp³-hybridized carbons (Fsp3) is 0. The molecule has 1 rings (SSSR count). The number of rotatable bonds is 0. The summed E-state index contributed by atoms with van der Waals surface area (Å²) < 4.78 is 0.329. The van der Waals surface area contributed by atoms with Crippen molar-refractivity contribution in [2.45, 2.75) is 0 Å². The maximum absolute atomic E-state index is 10.7. The summed E-state index contributed by atoms with van der Waals surface area (Å²) >= 11 is 2.93. The largest absolute Gasteiger partial charge is 0.328 e. The highest BCUT2D eigenvalue weighted by Gasteiger charge is 2.24. The number of carbonyl (C=O) groups excluding carboxylic acids is 2. The monoisotopic (exact) mass is 187 g/mol. The molecule has 5 heteroatoms. The van der Waals surface area contributed by atoms with Crippen LogP contribution in [-0.4, -0.2) is 24.6 Å². The smallest absolute Gasteiger partial charge is 0.255 e. The predicted octanol–water partition coefficient (Wildman–Crippen LogP) is -0.818. The van der Waals surface area contributed by atoms with E-state index in [9.17, 15) is 9.59 Å². The molecule has 3 nitrogen and oxygen atoms in total. The van der Waals surface area contributed by atoms with Crippen LogP contribution in [-0.2, 0) is 9.59 Å². The van der Waals surface area contributed by atoms with E-state index in [0.29, 0.717) is 4.48 Å². The van der Waals surface area contributed by atoms with Gasteiger partial charge in [0.2, 0.25) is 13.9 Å². The van der Waals surface area contributed by atoms with Crippen molar-refractivity contribution < 1.29 is 9.59 Å². The Bertz CT molecular complexity index is 213. The van der Waals surface area contributed by atoms with E-state index in [1.165, 1.54) is 14.1 Å². The average Bonchev–Trinajstić information content (AvgIpc) is 1.98. The zero-order chi connectivity index (χ0) is 7.02. The van der Waals surface area contributed by atoms with Crippen molar-refractivity contribution in [1.82, 2.24) is 4.81 Å². The van der Waals surface area contributed by atoms with E-state index >= 15 is 0 Å². The molecule has 0 unspecified atom stereocenters. The van der Waals surface area contributed by atoms with Crippen LogP contribution < -0.4 is 0 Å². The number of hydrogen-bond donors (Lipinski definition) is 0. The lowest BCUT2D eigenvalue weighted by Crippen LogP contribution is -2.27. The molecule has 0 saturated carbocycles. The third-order valence-electron chi connectivity index (χ3n) is 1.09. The molecule has 0 N–H and O–H groups in total. The SMILES string of the molecule is BN1C(=O)C=C(Br)C1=O. The topological polar surface area (TPSA) is 37.4 Å². The number of hydrogen-bond acceptors (Lipinski definition) is 2. The molecule has 9 heavy (non-hydrogen) atoms. The first-order chi connectivity index (χ1) is 4.13. The van der Waals surface area contributed by atoms with E-state index in [1.54, 1.807) is 0 Å². The molecule has 1 heterocycles. The summed E-state index contributed by atoms with van der Waals surface area (Å²) in [5.74, 6) is -0.549. The van der Waals surface area contributed by atoms with Gasteiger partial charge in [0.05, 0.1) is 4.48 Å². The van der Waals surface area contributed by atoms with Crippen LogP contribution in [0.1, 0.15) is 0 Å². The summed E-state index contributed by atoms with van der Waals surface area (Å²) in [6, 6.07) is 0. The summed E-state index contributed by atoms with van der Waals surface area (Å²) in [7, 11) is 1.44. The molecule has 0 aromatic carbocycles. The number of halogens is 1. The lowest BCUT2D eigenvalue weighted by atomic mass is 10.3. The Hall–Kier alpha value is -0.575. The molecule has 2 amide bonds. The van der Waals surface area contributed by atoms with Gasteiger partial charge in [0.15, 0.2) is 0 Å². The molecule has 0 spiro atoms. The van der Waals surface area contributed by atoms with Crippen molar-refractivity contribution in [1.29, 1.82) is 0 Å². The maximum Gasteiger partial charge on any atom is 0.255 e. The van der Waals surface area contributed by atoms with E-state index < -0.39 is 0 Å². The average molecular weight is 188 g/mol. The molecule has 0 bridgehead atoms. The first kappa shape index (κ1) is 6.54. The van der Waals surface area contributed by atoms with E-state index in [1.807, 2.05) is 0 Å². The van der Waals surface area contributed by atoms with Gasteiger partial charge in [-0.1, -0.05) is 0 Å². The molecule has 0 aromatic rings. The third-order valence-corrected chi connectivity index (χ3v) is 1.66. The summed E-state index contributed by atoms with van der Waals surface area (Å²) in [5.41, 5.74) is 0. The highest BCUT2D eigenvalue weighted by atomic mass is 79.9. The summed E-state index contributed by atoms with van der Waals surface area (Å²) in [6.45, 7) is 0. The molecule has 46 valence electrons. The van der Waals surface area contributed by atoms with Crippen LogP contribution in [0, 0.1) is 0 Å². The van der Waals surface area contributed by atoms with Gasteiger partial charge in [0.25, 0.3) is 5.91 Å². The molecule has 0 atom stereocenters. The van der Waals surface area contributed by atoms with Crippen molar-refractivity contribution in [3.8, 4) is 0 Å². The summed E-state index contributed by atoms with van der Waals surface area (Å²) in [5, 5.41) is 0. The second-order valence-corrected chi connectivity index (χ2v) is 2.55. The molecule has 1 aliphatic rings. The van der Waals surface area contributed by atoms with Crippen molar-refractivity contribution in [2.75, 3.05) is 0 Å². The lowest BCUT2D eigenvalue weighted by Gasteiger charge is -2.03. The summed E-state index contributed by atoms with van der Waals surface area (Å²) in [6.07, 6.45) is 1.25. The molecule has 0 saturated heterocycles. The zero-order valence-electron chi connectivity index (χ0n) is 4.72. The fourth-order valence-corrected chi connectivity index (χ4v) is 0.989. The Morgan fingerprint density at radius 1 is 1.56 bits per heavy atom. The van der Waals surface area contributed by atoms with Crippen molar-refractivity contribution in [3.05, 3.63) is 10.6 Å². The van der Waals surface area contributed by atoms with Gasteiger partial charge in [-0.3, -0.25) is 9.59 Å².